The van der Waals surface area contributed by atoms with E-state index in [-0.39, 0.29) is 0 Å². The number of hydrogen-bond acceptors (Lipinski definition) is 2. The second-order valence-electron chi connectivity index (χ2n) is 2.84. The summed E-state index contributed by atoms with van der Waals surface area (Å²) in [4.78, 5) is 5.36. The van der Waals surface area contributed by atoms with Crippen molar-refractivity contribution >= 4 is 22.8 Å². The monoisotopic (exact) mass is 157 g/mol. The fourth-order valence-electron chi connectivity index (χ4n) is 0.847. The summed E-state index contributed by atoms with van der Waals surface area (Å²) in [7, 11) is 0. The molecule has 0 aromatic rings. The van der Waals surface area contributed by atoms with Crippen LogP contribution in [0.1, 0.15) is 34.1 Å². The van der Waals surface area contributed by atoms with Crippen molar-refractivity contribution in [3.05, 3.63) is 0 Å². The average molecular weight is 157 g/mol. The van der Waals surface area contributed by atoms with Crippen molar-refractivity contribution in [2.24, 2.45) is 4.99 Å². The summed E-state index contributed by atoms with van der Waals surface area (Å²) in [6.07, 6.45) is 0.869. The molecule has 0 bridgehead atoms. The van der Waals surface area contributed by atoms with Crippen molar-refractivity contribution in [1.29, 1.82) is 0 Å². The van der Waals surface area contributed by atoms with Crippen LogP contribution in [-0.4, -0.2) is 16.6 Å². The first-order valence-electron chi connectivity index (χ1n) is 3.55. The first-order chi connectivity index (χ1) is 4.52. The van der Waals surface area contributed by atoms with Crippen molar-refractivity contribution in [2.45, 2.75) is 40.2 Å². The Balaban J connectivity index is 3.82. The first-order valence-corrected chi connectivity index (χ1v) is 3.96. The van der Waals surface area contributed by atoms with Crippen LogP contribution < -0.4 is 0 Å². The first kappa shape index (κ1) is 9.76. The Hall–Kier alpha value is -0.240. The van der Waals surface area contributed by atoms with Gasteiger partial charge in [-0.1, -0.05) is 12.2 Å². The molecule has 0 atom stereocenters. The molecule has 0 saturated carbocycles. The van der Waals surface area contributed by atoms with E-state index in [4.69, 9.17) is 12.2 Å². The molecule has 0 fully saturated rings. The van der Waals surface area contributed by atoms with Crippen LogP contribution in [0.25, 0.3) is 0 Å². The molecule has 0 rings (SSSR count). The molecule has 1 nitrogen and oxygen atoms in total. The molecule has 0 aromatic heterocycles. The largest absolute Gasteiger partial charge is 0.291 e. The SMILES string of the molecule is CC(=S)CC(C)=NC(C)C. The van der Waals surface area contributed by atoms with Crippen molar-refractivity contribution in [3.8, 4) is 0 Å². The maximum atomic E-state index is 4.94. The van der Waals surface area contributed by atoms with Gasteiger partial charge < -0.3 is 0 Å². The van der Waals surface area contributed by atoms with Gasteiger partial charge in [0.2, 0.25) is 0 Å². The Morgan fingerprint density at radius 3 is 2.20 bits per heavy atom. The van der Waals surface area contributed by atoms with Gasteiger partial charge in [-0.05, 0) is 32.6 Å². The van der Waals surface area contributed by atoms with E-state index >= 15 is 0 Å². The highest BCUT2D eigenvalue weighted by molar-refractivity contribution is 7.80. The summed E-state index contributed by atoms with van der Waals surface area (Å²) >= 11 is 4.94. The van der Waals surface area contributed by atoms with E-state index < -0.39 is 0 Å². The van der Waals surface area contributed by atoms with Gasteiger partial charge in [0, 0.05) is 18.2 Å². The molecule has 0 aromatic carbocycles. The van der Waals surface area contributed by atoms with Crippen molar-refractivity contribution < 1.29 is 0 Å². The lowest BCUT2D eigenvalue weighted by Crippen LogP contribution is -2.01. The Labute approximate surface area is 68.5 Å². The zero-order valence-corrected chi connectivity index (χ0v) is 7.96. The van der Waals surface area contributed by atoms with Crippen molar-refractivity contribution in [1.82, 2.24) is 0 Å². The molecule has 2 heteroatoms. The third kappa shape index (κ3) is 5.89. The molecule has 0 saturated heterocycles. The third-order valence-electron chi connectivity index (χ3n) is 0.983. The van der Waals surface area contributed by atoms with E-state index in [9.17, 15) is 0 Å². The molecule has 0 aliphatic rings. The molecule has 0 aliphatic carbocycles. The van der Waals surface area contributed by atoms with Crippen LogP contribution in [0.4, 0.5) is 0 Å². The summed E-state index contributed by atoms with van der Waals surface area (Å²) in [5, 5.41) is 0. The number of rotatable bonds is 3. The topological polar surface area (TPSA) is 12.4 Å². The van der Waals surface area contributed by atoms with E-state index in [1.54, 1.807) is 0 Å². The van der Waals surface area contributed by atoms with Gasteiger partial charge in [0.15, 0.2) is 0 Å². The Morgan fingerprint density at radius 1 is 1.40 bits per heavy atom. The van der Waals surface area contributed by atoms with Crippen LogP contribution in [0.15, 0.2) is 4.99 Å². The van der Waals surface area contributed by atoms with Gasteiger partial charge in [-0.25, -0.2) is 0 Å². The fourth-order valence-corrected chi connectivity index (χ4v) is 1.06. The summed E-state index contributed by atoms with van der Waals surface area (Å²) in [5.74, 6) is 0. The normalized spacial score (nSPS) is 12.3. The van der Waals surface area contributed by atoms with Crippen LogP contribution >= 0.6 is 12.2 Å². The van der Waals surface area contributed by atoms with Crippen LogP contribution in [0.3, 0.4) is 0 Å². The number of nitrogens with zero attached hydrogens (tertiary/aromatic N) is 1. The van der Waals surface area contributed by atoms with Gasteiger partial charge in [0.25, 0.3) is 0 Å². The van der Waals surface area contributed by atoms with Gasteiger partial charge in [0.05, 0.1) is 0 Å². The Bertz CT molecular complexity index is 147. The van der Waals surface area contributed by atoms with E-state index in [1.165, 1.54) is 0 Å². The van der Waals surface area contributed by atoms with Crippen LogP contribution in [0, 0.1) is 0 Å². The fraction of sp³-hybridized carbons (Fsp3) is 0.750. The predicted octanol–water partition coefficient (Wildman–Crippen LogP) is 2.64. The predicted molar refractivity (Wildman–Crippen MR) is 51.1 cm³/mol. The van der Waals surface area contributed by atoms with Gasteiger partial charge in [-0.15, -0.1) is 0 Å². The molecule has 0 N–H and O–H groups in total. The average Bonchev–Trinajstić information content (AvgIpc) is 1.58. The molecule has 0 amide bonds. The lowest BCUT2D eigenvalue weighted by atomic mass is 10.2. The lowest BCUT2D eigenvalue weighted by molar-refractivity contribution is 0.832. The minimum atomic E-state index is 0.398. The second-order valence-corrected chi connectivity index (χ2v) is 3.53. The van der Waals surface area contributed by atoms with E-state index in [0.717, 1.165) is 17.0 Å². The summed E-state index contributed by atoms with van der Waals surface area (Å²) < 4.78 is 0. The maximum absolute atomic E-state index is 4.94. The van der Waals surface area contributed by atoms with E-state index in [0.29, 0.717) is 6.04 Å². The molecular weight excluding hydrogens is 142 g/mol. The Morgan fingerprint density at radius 2 is 1.90 bits per heavy atom. The molecule has 0 aliphatic heterocycles. The molecule has 58 valence electrons. The summed E-state index contributed by atoms with van der Waals surface area (Å²) in [5.41, 5.74) is 1.14. The smallest absolute Gasteiger partial charge is 0.0442 e. The third-order valence-corrected chi connectivity index (χ3v) is 1.13. The van der Waals surface area contributed by atoms with Gasteiger partial charge in [-0.3, -0.25) is 4.99 Å². The lowest BCUT2D eigenvalue weighted by Gasteiger charge is -2.00. The van der Waals surface area contributed by atoms with Gasteiger partial charge >= 0.3 is 0 Å². The standard InChI is InChI=1S/C8H15NS/c1-6(2)9-7(3)5-8(4)10/h6H,5H2,1-4H3. The van der Waals surface area contributed by atoms with Crippen molar-refractivity contribution in [2.75, 3.05) is 0 Å². The van der Waals surface area contributed by atoms with E-state index in [1.807, 2.05) is 13.8 Å². The highest BCUT2D eigenvalue weighted by Gasteiger charge is 1.94. The van der Waals surface area contributed by atoms with Crippen LogP contribution in [-0.2, 0) is 0 Å². The Kier molecular flexibility index (Phi) is 4.45. The maximum Gasteiger partial charge on any atom is 0.0442 e. The summed E-state index contributed by atoms with van der Waals surface area (Å²) in [6.45, 7) is 8.12. The molecule has 0 radical (unpaired) electrons. The van der Waals surface area contributed by atoms with Crippen LogP contribution in [0.5, 0.6) is 0 Å². The zero-order valence-electron chi connectivity index (χ0n) is 7.14. The minimum absolute atomic E-state index is 0.398. The van der Waals surface area contributed by atoms with Gasteiger partial charge in [0.1, 0.15) is 0 Å². The molecule has 0 unspecified atom stereocenters. The second kappa shape index (κ2) is 4.56. The molecule has 0 spiro atoms. The van der Waals surface area contributed by atoms with Crippen molar-refractivity contribution in [3.63, 3.8) is 0 Å². The van der Waals surface area contributed by atoms with Gasteiger partial charge in [-0.2, -0.15) is 0 Å². The number of hydrogen-bond donors (Lipinski definition) is 0. The minimum Gasteiger partial charge on any atom is -0.291 e. The van der Waals surface area contributed by atoms with Crippen LogP contribution in [0.2, 0.25) is 0 Å². The van der Waals surface area contributed by atoms with E-state index in [2.05, 4.69) is 18.8 Å². The quantitative estimate of drug-likeness (QED) is 0.453. The molecule has 0 heterocycles. The highest BCUT2D eigenvalue weighted by Crippen LogP contribution is 1.94. The molecule has 10 heavy (non-hydrogen) atoms. The summed E-state index contributed by atoms with van der Waals surface area (Å²) in [6, 6.07) is 0.398. The number of aliphatic imine (C=N–C) groups is 1. The zero-order chi connectivity index (χ0) is 8.15. The number of thiocarbonyl (C=S) groups is 1. The highest BCUT2D eigenvalue weighted by atomic mass is 32.1. The molecular formula is C8H15NS.